The van der Waals surface area contributed by atoms with Crippen LogP contribution in [0.2, 0.25) is 0 Å². The van der Waals surface area contributed by atoms with Gasteiger partial charge in [-0.2, -0.15) is 0 Å². The quantitative estimate of drug-likeness (QED) is 0.530. The van der Waals surface area contributed by atoms with Crippen molar-refractivity contribution in [3.05, 3.63) is 24.7 Å². The van der Waals surface area contributed by atoms with Gasteiger partial charge in [-0.05, 0) is 6.07 Å². The Labute approximate surface area is 58.3 Å². The molecule has 0 aliphatic carbocycles. The van der Waals surface area contributed by atoms with Crippen LogP contribution in [0.4, 0.5) is 0 Å². The molecule has 2 aromatic rings. The van der Waals surface area contributed by atoms with E-state index in [1.807, 2.05) is 17.7 Å². The summed E-state index contributed by atoms with van der Waals surface area (Å²) in [4.78, 5) is 8.17. The van der Waals surface area contributed by atoms with Crippen molar-refractivity contribution in [2.24, 2.45) is 7.05 Å². The zero-order chi connectivity index (χ0) is 6.97. The first kappa shape index (κ1) is 5.41. The molecule has 1 radical (unpaired) electrons. The fraction of sp³-hybridized carbons (Fsp3) is 0.143. The largest absolute Gasteiger partial charge is 0.318 e. The molecule has 10 heavy (non-hydrogen) atoms. The first-order valence-corrected chi connectivity index (χ1v) is 3.01. The normalized spacial score (nSPS) is 10.5. The number of rotatable bonds is 0. The zero-order valence-electron chi connectivity index (χ0n) is 5.57. The summed E-state index contributed by atoms with van der Waals surface area (Å²) in [5.41, 5.74) is 1.80. The van der Waals surface area contributed by atoms with E-state index in [1.165, 1.54) is 0 Å². The van der Waals surface area contributed by atoms with Crippen LogP contribution in [0.5, 0.6) is 0 Å². The molecule has 3 heteroatoms. The van der Waals surface area contributed by atoms with Crippen LogP contribution in [-0.4, -0.2) is 14.5 Å². The highest BCUT2D eigenvalue weighted by molar-refractivity contribution is 5.69. The zero-order valence-corrected chi connectivity index (χ0v) is 5.57. The van der Waals surface area contributed by atoms with Gasteiger partial charge in [-0.15, -0.1) is 0 Å². The molecule has 0 saturated carbocycles. The number of hydrogen-bond acceptors (Lipinski definition) is 2. The summed E-state index contributed by atoms with van der Waals surface area (Å²) >= 11 is 0. The molecule has 3 nitrogen and oxygen atoms in total. The van der Waals surface area contributed by atoms with Crippen molar-refractivity contribution in [3.8, 4) is 0 Å². The van der Waals surface area contributed by atoms with E-state index in [0.29, 0.717) is 0 Å². The van der Waals surface area contributed by atoms with Crippen molar-refractivity contribution in [1.82, 2.24) is 14.5 Å². The number of aryl methyl sites for hydroxylation is 1. The summed E-state index contributed by atoms with van der Waals surface area (Å²) in [7, 11) is 1.92. The molecular weight excluding hydrogens is 126 g/mol. The molecule has 0 aromatic carbocycles. The second kappa shape index (κ2) is 1.80. The monoisotopic (exact) mass is 132 g/mol. The van der Waals surface area contributed by atoms with Gasteiger partial charge in [0.15, 0.2) is 5.65 Å². The summed E-state index contributed by atoms with van der Waals surface area (Å²) in [5.74, 6) is 0. The minimum atomic E-state index is 0.894. The number of pyridine rings is 1. The minimum Gasteiger partial charge on any atom is -0.318 e. The number of fused-ring (bicyclic) bond motifs is 1. The van der Waals surface area contributed by atoms with Crippen LogP contribution in [0, 0.1) is 6.07 Å². The average molecular weight is 132 g/mol. The molecule has 0 N–H and O–H groups in total. The number of nitrogens with zero attached hydrogens (tertiary/aromatic N) is 3. The third-order valence-corrected chi connectivity index (χ3v) is 1.41. The predicted molar refractivity (Wildman–Crippen MR) is 37.3 cm³/mol. The lowest BCUT2D eigenvalue weighted by molar-refractivity contribution is 0.931. The molecular formula is C7H6N3. The molecule has 0 aliphatic rings. The lowest BCUT2D eigenvalue weighted by atomic mass is 10.4. The number of imidazole rings is 1. The topological polar surface area (TPSA) is 30.7 Å². The van der Waals surface area contributed by atoms with E-state index >= 15 is 0 Å². The second-order valence-corrected chi connectivity index (χ2v) is 2.13. The SMILES string of the molecule is Cn1cnc2c[c]cnc21. The smallest absolute Gasteiger partial charge is 0.159 e. The van der Waals surface area contributed by atoms with E-state index in [2.05, 4.69) is 16.0 Å². The second-order valence-electron chi connectivity index (χ2n) is 2.13. The molecule has 0 unspecified atom stereocenters. The van der Waals surface area contributed by atoms with Gasteiger partial charge in [0.2, 0.25) is 0 Å². The summed E-state index contributed by atoms with van der Waals surface area (Å²) in [6.07, 6.45) is 3.38. The Kier molecular flexibility index (Phi) is 0.974. The Bertz CT molecular complexity index is 350. The summed E-state index contributed by atoms with van der Waals surface area (Å²) in [6.45, 7) is 0. The van der Waals surface area contributed by atoms with Gasteiger partial charge in [-0.25, -0.2) is 9.97 Å². The van der Waals surface area contributed by atoms with Crippen molar-refractivity contribution in [1.29, 1.82) is 0 Å². The Morgan fingerprint density at radius 2 is 2.40 bits per heavy atom. The van der Waals surface area contributed by atoms with E-state index in [0.717, 1.165) is 11.2 Å². The Morgan fingerprint density at radius 1 is 1.50 bits per heavy atom. The van der Waals surface area contributed by atoms with Crippen LogP contribution in [0.3, 0.4) is 0 Å². The number of hydrogen-bond donors (Lipinski definition) is 0. The van der Waals surface area contributed by atoms with Gasteiger partial charge in [0.05, 0.1) is 6.33 Å². The minimum absolute atomic E-state index is 0.894. The lowest BCUT2D eigenvalue weighted by Crippen LogP contribution is -1.85. The van der Waals surface area contributed by atoms with Crippen molar-refractivity contribution in [2.45, 2.75) is 0 Å². The van der Waals surface area contributed by atoms with E-state index in [-0.39, 0.29) is 0 Å². The summed E-state index contributed by atoms with van der Waals surface area (Å²) in [6, 6.07) is 4.68. The predicted octanol–water partition coefficient (Wildman–Crippen LogP) is 0.768. The van der Waals surface area contributed by atoms with Crippen molar-refractivity contribution in [3.63, 3.8) is 0 Å². The molecule has 0 spiro atoms. The average Bonchev–Trinajstić information content (AvgIpc) is 2.34. The molecule has 0 saturated heterocycles. The molecule has 0 atom stereocenters. The maximum atomic E-state index is 4.09. The van der Waals surface area contributed by atoms with Gasteiger partial charge in [-0.3, -0.25) is 0 Å². The van der Waals surface area contributed by atoms with Crippen LogP contribution in [0.25, 0.3) is 11.2 Å². The maximum Gasteiger partial charge on any atom is 0.159 e. The highest BCUT2D eigenvalue weighted by Gasteiger charge is 1.95. The van der Waals surface area contributed by atoms with Crippen molar-refractivity contribution in [2.75, 3.05) is 0 Å². The molecule has 49 valence electrons. The van der Waals surface area contributed by atoms with Crippen LogP contribution < -0.4 is 0 Å². The third-order valence-electron chi connectivity index (χ3n) is 1.41. The van der Waals surface area contributed by atoms with Gasteiger partial charge in [-0.1, -0.05) is 0 Å². The highest BCUT2D eigenvalue weighted by atomic mass is 15.1. The first-order chi connectivity index (χ1) is 4.88. The number of aromatic nitrogens is 3. The van der Waals surface area contributed by atoms with Gasteiger partial charge in [0.25, 0.3) is 0 Å². The molecule has 2 heterocycles. The van der Waals surface area contributed by atoms with Gasteiger partial charge in [0, 0.05) is 19.3 Å². The molecule has 2 aromatic heterocycles. The van der Waals surface area contributed by atoms with E-state index < -0.39 is 0 Å². The van der Waals surface area contributed by atoms with E-state index in [4.69, 9.17) is 0 Å². The van der Waals surface area contributed by atoms with Gasteiger partial charge in [0.1, 0.15) is 5.52 Å². The van der Waals surface area contributed by atoms with Crippen molar-refractivity contribution >= 4 is 11.2 Å². The van der Waals surface area contributed by atoms with Gasteiger partial charge >= 0.3 is 0 Å². The van der Waals surface area contributed by atoms with Crippen LogP contribution in [-0.2, 0) is 7.05 Å². The Morgan fingerprint density at radius 3 is 3.20 bits per heavy atom. The standard InChI is InChI=1S/C7H6N3/c1-10-5-9-6-3-2-4-8-7(6)10/h3-5H,1H3. The maximum absolute atomic E-state index is 4.09. The molecule has 0 aliphatic heterocycles. The van der Waals surface area contributed by atoms with Gasteiger partial charge < -0.3 is 4.57 Å². The van der Waals surface area contributed by atoms with E-state index in [1.54, 1.807) is 12.5 Å². The fourth-order valence-electron chi connectivity index (χ4n) is 0.916. The fourth-order valence-corrected chi connectivity index (χ4v) is 0.916. The molecule has 0 bridgehead atoms. The molecule has 0 amide bonds. The Hall–Kier alpha value is -1.38. The molecule has 0 fully saturated rings. The summed E-state index contributed by atoms with van der Waals surface area (Å²) < 4.78 is 1.88. The molecule has 2 rings (SSSR count). The highest BCUT2D eigenvalue weighted by Crippen LogP contribution is 2.04. The Balaban J connectivity index is 2.93. The lowest BCUT2D eigenvalue weighted by Gasteiger charge is -1.88. The van der Waals surface area contributed by atoms with E-state index in [9.17, 15) is 0 Å². The van der Waals surface area contributed by atoms with Crippen LogP contribution in [0.15, 0.2) is 18.6 Å². The summed E-state index contributed by atoms with van der Waals surface area (Å²) in [5, 5.41) is 0. The van der Waals surface area contributed by atoms with Crippen molar-refractivity contribution < 1.29 is 0 Å². The first-order valence-electron chi connectivity index (χ1n) is 3.01. The van der Waals surface area contributed by atoms with Crippen LogP contribution in [0.1, 0.15) is 0 Å². The third kappa shape index (κ3) is 0.603. The van der Waals surface area contributed by atoms with Crippen LogP contribution >= 0.6 is 0 Å².